The first-order valence-corrected chi connectivity index (χ1v) is 9.19. The van der Waals surface area contributed by atoms with Gasteiger partial charge in [-0.05, 0) is 48.0 Å². The molecule has 0 radical (unpaired) electrons. The number of rotatable bonds is 9. The van der Waals surface area contributed by atoms with Gasteiger partial charge in [-0.2, -0.15) is 0 Å². The number of amides is 1. The van der Waals surface area contributed by atoms with E-state index in [0.29, 0.717) is 22.7 Å². The van der Waals surface area contributed by atoms with E-state index < -0.39 is 0 Å². The zero-order valence-corrected chi connectivity index (χ0v) is 16.4. The van der Waals surface area contributed by atoms with E-state index in [0.717, 1.165) is 5.56 Å². The van der Waals surface area contributed by atoms with Gasteiger partial charge in [0.1, 0.15) is 12.4 Å². The lowest BCUT2D eigenvalue weighted by molar-refractivity contribution is -0.120. The number of oxime groups is 1. The third kappa shape index (κ3) is 6.34. The van der Waals surface area contributed by atoms with Crippen LogP contribution in [0.1, 0.15) is 11.1 Å². The van der Waals surface area contributed by atoms with Gasteiger partial charge in [-0.15, -0.1) is 0 Å². The first-order chi connectivity index (χ1) is 14.6. The predicted molar refractivity (Wildman–Crippen MR) is 112 cm³/mol. The van der Waals surface area contributed by atoms with Crippen LogP contribution in [0.3, 0.4) is 0 Å². The second-order valence-corrected chi connectivity index (χ2v) is 6.25. The Kier molecular flexibility index (Phi) is 7.38. The Morgan fingerprint density at radius 2 is 1.80 bits per heavy atom. The molecule has 3 aromatic carbocycles. The molecule has 0 aliphatic heterocycles. The van der Waals surface area contributed by atoms with E-state index in [4.69, 9.17) is 14.3 Å². The number of anilines is 1. The van der Waals surface area contributed by atoms with Crippen LogP contribution in [0, 0.1) is 5.82 Å². The second-order valence-electron chi connectivity index (χ2n) is 6.25. The van der Waals surface area contributed by atoms with Gasteiger partial charge in [0.15, 0.2) is 18.1 Å². The first kappa shape index (κ1) is 20.9. The Balaban J connectivity index is 1.51. The molecule has 0 saturated carbocycles. The van der Waals surface area contributed by atoms with Crippen LogP contribution in [0.2, 0.25) is 0 Å². The summed E-state index contributed by atoms with van der Waals surface area (Å²) in [5.41, 5.74) is 2.24. The van der Waals surface area contributed by atoms with Gasteiger partial charge in [-0.3, -0.25) is 4.79 Å². The normalized spacial score (nSPS) is 10.6. The van der Waals surface area contributed by atoms with Gasteiger partial charge < -0.3 is 19.6 Å². The van der Waals surface area contributed by atoms with Crippen molar-refractivity contribution in [1.82, 2.24) is 0 Å². The fraction of sp³-hybridized carbons (Fsp3) is 0.130. The van der Waals surface area contributed by atoms with Crippen molar-refractivity contribution in [2.45, 2.75) is 6.61 Å². The first-order valence-electron chi connectivity index (χ1n) is 9.19. The lowest BCUT2D eigenvalue weighted by Crippen LogP contribution is -2.16. The van der Waals surface area contributed by atoms with Crippen LogP contribution in [-0.4, -0.2) is 25.8 Å². The molecule has 0 fully saturated rings. The largest absolute Gasteiger partial charge is 0.493 e. The van der Waals surface area contributed by atoms with Crippen LogP contribution in [0.15, 0.2) is 78.0 Å². The summed E-state index contributed by atoms with van der Waals surface area (Å²) in [6, 6.07) is 20.4. The molecule has 3 aromatic rings. The van der Waals surface area contributed by atoms with E-state index in [2.05, 4.69) is 10.5 Å². The van der Waals surface area contributed by atoms with Crippen molar-refractivity contribution >= 4 is 17.8 Å². The van der Waals surface area contributed by atoms with Crippen LogP contribution >= 0.6 is 0 Å². The average Bonchev–Trinajstić information content (AvgIpc) is 2.77. The van der Waals surface area contributed by atoms with Crippen molar-refractivity contribution in [3.8, 4) is 11.5 Å². The van der Waals surface area contributed by atoms with Crippen molar-refractivity contribution in [2.24, 2.45) is 5.16 Å². The lowest BCUT2D eigenvalue weighted by Gasteiger charge is -2.11. The quantitative estimate of drug-likeness (QED) is 0.421. The maximum Gasteiger partial charge on any atom is 0.265 e. The molecule has 0 bridgehead atoms. The molecule has 0 aliphatic carbocycles. The smallest absolute Gasteiger partial charge is 0.265 e. The minimum atomic E-state index is -0.305. The fourth-order valence-electron chi connectivity index (χ4n) is 2.54. The summed E-state index contributed by atoms with van der Waals surface area (Å²) in [6.07, 6.45) is 1.47. The van der Waals surface area contributed by atoms with Gasteiger partial charge >= 0.3 is 0 Å². The summed E-state index contributed by atoms with van der Waals surface area (Å²) in [5.74, 6) is 0.463. The van der Waals surface area contributed by atoms with Gasteiger partial charge in [-0.1, -0.05) is 35.5 Å². The molecule has 30 heavy (non-hydrogen) atoms. The van der Waals surface area contributed by atoms with Gasteiger partial charge in [-0.25, -0.2) is 4.39 Å². The second kappa shape index (κ2) is 10.6. The summed E-state index contributed by atoms with van der Waals surface area (Å²) in [6.45, 7) is 0.0745. The molecule has 154 valence electrons. The van der Waals surface area contributed by atoms with Crippen molar-refractivity contribution in [2.75, 3.05) is 19.0 Å². The van der Waals surface area contributed by atoms with E-state index in [1.54, 1.807) is 42.5 Å². The molecule has 0 aromatic heterocycles. The molecule has 0 heterocycles. The molecule has 0 atom stereocenters. The summed E-state index contributed by atoms with van der Waals surface area (Å²) in [4.78, 5) is 16.9. The molecule has 6 nitrogen and oxygen atoms in total. The highest BCUT2D eigenvalue weighted by molar-refractivity contribution is 5.91. The molecule has 1 amide bonds. The maximum atomic E-state index is 13.0. The van der Waals surface area contributed by atoms with Crippen LogP contribution in [0.4, 0.5) is 10.1 Å². The number of benzene rings is 3. The SMILES string of the molecule is COc1cc(C=NOCC(=O)Nc2ccccc2)ccc1OCc1ccc(F)cc1. The van der Waals surface area contributed by atoms with E-state index in [1.807, 2.05) is 18.2 Å². The van der Waals surface area contributed by atoms with E-state index in [1.165, 1.54) is 25.5 Å². The third-order valence-corrected chi connectivity index (χ3v) is 4.02. The molecule has 0 unspecified atom stereocenters. The third-order valence-electron chi connectivity index (χ3n) is 4.02. The molecule has 0 aliphatic rings. The van der Waals surface area contributed by atoms with E-state index >= 15 is 0 Å². The molecule has 7 heteroatoms. The summed E-state index contributed by atoms with van der Waals surface area (Å²) >= 11 is 0. The van der Waals surface area contributed by atoms with Crippen LogP contribution in [0.25, 0.3) is 0 Å². The Morgan fingerprint density at radius 3 is 2.53 bits per heavy atom. The topological polar surface area (TPSA) is 69.2 Å². The zero-order chi connectivity index (χ0) is 21.2. The highest BCUT2D eigenvalue weighted by atomic mass is 19.1. The number of hydrogen-bond acceptors (Lipinski definition) is 5. The van der Waals surface area contributed by atoms with E-state index in [9.17, 15) is 9.18 Å². The molecule has 1 N–H and O–H groups in total. The van der Waals surface area contributed by atoms with Gasteiger partial charge in [0, 0.05) is 11.3 Å². The Labute approximate surface area is 173 Å². The number of nitrogens with one attached hydrogen (secondary N) is 1. The minimum Gasteiger partial charge on any atom is -0.493 e. The van der Waals surface area contributed by atoms with Crippen LogP contribution in [0.5, 0.6) is 11.5 Å². The number of ether oxygens (including phenoxy) is 2. The van der Waals surface area contributed by atoms with Crippen molar-refractivity contribution in [1.29, 1.82) is 0 Å². The standard InChI is InChI=1S/C23H21FN2O4/c1-28-22-13-18(9-12-21(22)29-15-17-7-10-19(24)11-8-17)14-25-30-16-23(27)26-20-5-3-2-4-6-20/h2-14H,15-16H2,1H3,(H,26,27). The van der Waals surface area contributed by atoms with Gasteiger partial charge in [0.05, 0.1) is 13.3 Å². The average molecular weight is 408 g/mol. The van der Waals surface area contributed by atoms with Crippen molar-refractivity contribution in [3.63, 3.8) is 0 Å². The van der Waals surface area contributed by atoms with Crippen molar-refractivity contribution < 1.29 is 23.5 Å². The number of carbonyl (C=O) groups is 1. The number of methoxy groups -OCH3 is 1. The Bertz CT molecular complexity index is 992. The monoisotopic (exact) mass is 408 g/mol. The number of nitrogens with zero attached hydrogens (tertiary/aromatic N) is 1. The summed E-state index contributed by atoms with van der Waals surface area (Å²) in [5, 5.41) is 6.51. The lowest BCUT2D eigenvalue weighted by atomic mass is 10.2. The number of carbonyl (C=O) groups excluding carboxylic acids is 1. The predicted octanol–water partition coefficient (Wildman–Crippen LogP) is 4.40. The molecule has 0 spiro atoms. The van der Waals surface area contributed by atoms with Crippen LogP contribution < -0.4 is 14.8 Å². The molecule has 0 saturated heterocycles. The number of para-hydroxylation sites is 1. The van der Waals surface area contributed by atoms with Crippen LogP contribution in [-0.2, 0) is 16.2 Å². The highest BCUT2D eigenvalue weighted by Gasteiger charge is 2.06. The molecular formula is C23H21FN2O4. The number of hydrogen-bond donors (Lipinski definition) is 1. The molecular weight excluding hydrogens is 387 g/mol. The number of halogens is 1. The fourth-order valence-corrected chi connectivity index (χ4v) is 2.54. The minimum absolute atomic E-state index is 0.207. The zero-order valence-electron chi connectivity index (χ0n) is 16.4. The van der Waals surface area contributed by atoms with Gasteiger partial charge in [0.25, 0.3) is 5.91 Å². The molecule has 3 rings (SSSR count). The summed E-state index contributed by atoms with van der Waals surface area (Å²) in [7, 11) is 1.53. The highest BCUT2D eigenvalue weighted by Crippen LogP contribution is 2.28. The summed E-state index contributed by atoms with van der Waals surface area (Å²) < 4.78 is 24.1. The Morgan fingerprint density at radius 1 is 1.03 bits per heavy atom. The van der Waals surface area contributed by atoms with E-state index in [-0.39, 0.29) is 24.9 Å². The van der Waals surface area contributed by atoms with Gasteiger partial charge in [0.2, 0.25) is 0 Å². The van der Waals surface area contributed by atoms with Crippen molar-refractivity contribution in [3.05, 3.63) is 89.7 Å². The maximum absolute atomic E-state index is 13.0. The Hall–Kier alpha value is -3.87.